The Morgan fingerprint density at radius 2 is 1.66 bits per heavy atom. The molecule has 3 aromatic carbocycles. The summed E-state index contributed by atoms with van der Waals surface area (Å²) in [6, 6.07) is 22.2. The van der Waals surface area contributed by atoms with Crippen LogP contribution in [0.2, 0.25) is 10.0 Å². The van der Waals surface area contributed by atoms with E-state index < -0.39 is 6.04 Å². The summed E-state index contributed by atoms with van der Waals surface area (Å²) in [5.74, 6) is -0.310. The smallest absolute Gasteiger partial charge is 0.243 e. The third kappa shape index (κ3) is 7.84. The summed E-state index contributed by atoms with van der Waals surface area (Å²) in [5, 5.41) is 4.00. The molecule has 35 heavy (non-hydrogen) atoms. The van der Waals surface area contributed by atoms with Crippen molar-refractivity contribution in [3.8, 4) is 0 Å². The minimum absolute atomic E-state index is 0.0788. The van der Waals surface area contributed by atoms with Crippen LogP contribution >= 0.6 is 23.2 Å². The first-order valence-electron chi connectivity index (χ1n) is 12.0. The van der Waals surface area contributed by atoms with E-state index in [1.807, 2.05) is 61.5 Å². The lowest BCUT2D eigenvalue weighted by atomic mass is 10.0. The number of unbranched alkanes of at least 4 members (excludes halogenated alkanes) is 1. The Morgan fingerprint density at radius 1 is 0.943 bits per heavy atom. The molecular weight excluding hydrogens is 479 g/mol. The molecule has 3 rings (SSSR count). The van der Waals surface area contributed by atoms with Crippen molar-refractivity contribution in [2.45, 2.75) is 52.1 Å². The summed E-state index contributed by atoms with van der Waals surface area (Å²) in [4.78, 5) is 28.9. The Kier molecular flexibility index (Phi) is 10.2. The number of hydrogen-bond donors (Lipinski definition) is 1. The number of carbonyl (C=O) groups is 2. The van der Waals surface area contributed by atoms with Crippen LogP contribution in [0.25, 0.3) is 0 Å². The average molecular weight is 511 g/mol. The summed E-state index contributed by atoms with van der Waals surface area (Å²) in [7, 11) is 0. The van der Waals surface area contributed by atoms with E-state index in [0.717, 1.165) is 29.5 Å². The molecule has 0 aliphatic rings. The monoisotopic (exact) mass is 510 g/mol. The van der Waals surface area contributed by atoms with Gasteiger partial charge in [-0.2, -0.15) is 0 Å². The van der Waals surface area contributed by atoms with Crippen molar-refractivity contribution in [3.05, 3.63) is 105 Å². The molecule has 1 atom stereocenters. The summed E-state index contributed by atoms with van der Waals surface area (Å²) >= 11 is 12.4. The first-order chi connectivity index (χ1) is 16.9. The Bertz CT molecular complexity index is 1130. The third-order valence-electron chi connectivity index (χ3n) is 6.06. The number of aryl methyl sites for hydroxylation is 1. The van der Waals surface area contributed by atoms with Gasteiger partial charge in [-0.05, 0) is 47.7 Å². The predicted molar refractivity (Wildman–Crippen MR) is 144 cm³/mol. The van der Waals surface area contributed by atoms with Crippen LogP contribution in [-0.4, -0.2) is 29.3 Å². The standard InChI is InChI=1S/C29H32Cl2N2O2/c1-3-4-16-32-29(35)27(17-22-11-6-5-7-12-22)33(20-24-13-9-8-10-21(24)2)28(34)18-23-14-15-25(30)19-26(23)31/h5-15,19,27H,3-4,16-18,20H2,1-2H3,(H,32,35)/t27-/m0/s1. The number of nitrogens with one attached hydrogen (secondary N) is 1. The van der Waals surface area contributed by atoms with Gasteiger partial charge >= 0.3 is 0 Å². The van der Waals surface area contributed by atoms with Crippen molar-refractivity contribution in [1.82, 2.24) is 10.2 Å². The topological polar surface area (TPSA) is 49.4 Å². The van der Waals surface area contributed by atoms with Crippen molar-refractivity contribution in [2.75, 3.05) is 6.54 Å². The van der Waals surface area contributed by atoms with E-state index in [-0.39, 0.29) is 18.2 Å². The third-order valence-corrected chi connectivity index (χ3v) is 6.65. The van der Waals surface area contributed by atoms with Gasteiger partial charge in [0.15, 0.2) is 0 Å². The molecule has 2 amide bonds. The number of hydrogen-bond acceptors (Lipinski definition) is 2. The van der Waals surface area contributed by atoms with Crippen molar-refractivity contribution < 1.29 is 9.59 Å². The maximum Gasteiger partial charge on any atom is 0.243 e. The van der Waals surface area contributed by atoms with Crippen molar-refractivity contribution in [3.63, 3.8) is 0 Å². The van der Waals surface area contributed by atoms with Gasteiger partial charge in [0.2, 0.25) is 11.8 Å². The fraction of sp³-hybridized carbons (Fsp3) is 0.310. The van der Waals surface area contributed by atoms with Crippen LogP contribution < -0.4 is 5.32 Å². The number of amides is 2. The number of carbonyl (C=O) groups excluding carboxylic acids is 2. The molecule has 1 N–H and O–H groups in total. The van der Waals surface area contributed by atoms with Crippen LogP contribution in [0.15, 0.2) is 72.8 Å². The SMILES string of the molecule is CCCCNC(=O)[C@H](Cc1ccccc1)N(Cc1ccccc1C)C(=O)Cc1ccc(Cl)cc1Cl. The van der Waals surface area contributed by atoms with Crippen LogP contribution in [0, 0.1) is 6.92 Å². The number of rotatable bonds is 11. The Balaban J connectivity index is 1.97. The molecule has 0 saturated carbocycles. The van der Waals surface area contributed by atoms with Crippen molar-refractivity contribution in [1.29, 1.82) is 0 Å². The molecule has 0 unspecified atom stereocenters. The van der Waals surface area contributed by atoms with E-state index >= 15 is 0 Å². The second-order valence-corrected chi connectivity index (χ2v) is 9.55. The molecule has 0 aliphatic carbocycles. The zero-order valence-corrected chi connectivity index (χ0v) is 21.8. The molecule has 6 heteroatoms. The number of nitrogens with zero attached hydrogens (tertiary/aromatic N) is 1. The van der Waals surface area contributed by atoms with Gasteiger partial charge in [0.25, 0.3) is 0 Å². The predicted octanol–water partition coefficient (Wildman–Crippen LogP) is 6.40. The van der Waals surface area contributed by atoms with Crippen LogP contribution in [0.3, 0.4) is 0 Å². The van der Waals surface area contributed by atoms with Gasteiger partial charge in [-0.3, -0.25) is 9.59 Å². The Labute approximate surface area is 218 Å². The first kappa shape index (κ1) is 26.8. The molecule has 0 fully saturated rings. The summed E-state index contributed by atoms with van der Waals surface area (Å²) in [6.07, 6.45) is 2.36. The van der Waals surface area contributed by atoms with Gasteiger partial charge in [-0.1, -0.05) is 97.2 Å². The lowest BCUT2D eigenvalue weighted by molar-refractivity contribution is -0.140. The Morgan fingerprint density at radius 3 is 2.34 bits per heavy atom. The minimum Gasteiger partial charge on any atom is -0.354 e. The van der Waals surface area contributed by atoms with E-state index in [1.54, 1.807) is 23.1 Å². The second-order valence-electron chi connectivity index (χ2n) is 8.71. The van der Waals surface area contributed by atoms with Crippen LogP contribution in [0.1, 0.15) is 42.0 Å². The number of halogens is 2. The molecule has 0 bridgehead atoms. The first-order valence-corrected chi connectivity index (χ1v) is 12.7. The van der Waals surface area contributed by atoms with Gasteiger partial charge in [0, 0.05) is 29.6 Å². The second kappa shape index (κ2) is 13.3. The lowest BCUT2D eigenvalue weighted by Crippen LogP contribution is -2.51. The van der Waals surface area contributed by atoms with Crippen molar-refractivity contribution >= 4 is 35.0 Å². The van der Waals surface area contributed by atoms with Crippen LogP contribution in [0.4, 0.5) is 0 Å². The van der Waals surface area contributed by atoms with Crippen molar-refractivity contribution in [2.24, 2.45) is 0 Å². The van der Waals surface area contributed by atoms with Crippen LogP contribution in [0.5, 0.6) is 0 Å². The minimum atomic E-state index is -0.660. The summed E-state index contributed by atoms with van der Waals surface area (Å²) in [6.45, 7) is 5.00. The average Bonchev–Trinajstić information content (AvgIpc) is 2.84. The molecule has 184 valence electrons. The lowest BCUT2D eigenvalue weighted by Gasteiger charge is -2.32. The summed E-state index contributed by atoms with van der Waals surface area (Å²) in [5.41, 5.74) is 3.75. The van der Waals surface area contributed by atoms with Gasteiger partial charge in [-0.15, -0.1) is 0 Å². The highest BCUT2D eigenvalue weighted by molar-refractivity contribution is 6.35. The van der Waals surface area contributed by atoms with Gasteiger partial charge < -0.3 is 10.2 Å². The molecule has 4 nitrogen and oxygen atoms in total. The van der Waals surface area contributed by atoms with E-state index in [9.17, 15) is 9.59 Å². The molecule has 0 radical (unpaired) electrons. The largest absolute Gasteiger partial charge is 0.354 e. The van der Waals surface area contributed by atoms with Gasteiger partial charge in [-0.25, -0.2) is 0 Å². The fourth-order valence-electron chi connectivity index (χ4n) is 3.96. The Hall–Kier alpha value is -2.82. The molecule has 0 spiro atoms. The molecule has 3 aromatic rings. The van der Waals surface area contributed by atoms with E-state index in [0.29, 0.717) is 35.1 Å². The molecular formula is C29H32Cl2N2O2. The number of benzene rings is 3. The van der Waals surface area contributed by atoms with E-state index in [2.05, 4.69) is 12.2 Å². The fourth-order valence-corrected chi connectivity index (χ4v) is 4.44. The maximum atomic E-state index is 13.8. The highest BCUT2D eigenvalue weighted by atomic mass is 35.5. The highest BCUT2D eigenvalue weighted by Crippen LogP contribution is 2.24. The van der Waals surface area contributed by atoms with Gasteiger partial charge in [0.1, 0.15) is 6.04 Å². The maximum absolute atomic E-state index is 13.8. The zero-order chi connectivity index (χ0) is 25.2. The highest BCUT2D eigenvalue weighted by Gasteiger charge is 2.30. The van der Waals surface area contributed by atoms with E-state index in [1.165, 1.54) is 0 Å². The zero-order valence-electron chi connectivity index (χ0n) is 20.3. The molecule has 0 aromatic heterocycles. The molecule has 0 saturated heterocycles. The molecule has 0 heterocycles. The summed E-state index contributed by atoms with van der Waals surface area (Å²) < 4.78 is 0. The normalized spacial score (nSPS) is 11.7. The molecule has 0 aliphatic heterocycles. The quantitative estimate of drug-likeness (QED) is 0.303. The van der Waals surface area contributed by atoms with Gasteiger partial charge in [0.05, 0.1) is 6.42 Å². The van der Waals surface area contributed by atoms with E-state index in [4.69, 9.17) is 23.2 Å². The van der Waals surface area contributed by atoms with Crippen LogP contribution in [-0.2, 0) is 29.0 Å².